The first-order valence-electron chi connectivity index (χ1n) is 13.2. The quantitative estimate of drug-likeness (QED) is 0.355. The maximum absolute atomic E-state index is 13.2. The highest BCUT2D eigenvalue weighted by Gasteiger charge is 2.55. The number of carbonyl (C=O) groups is 2. The smallest absolute Gasteiger partial charge is 0.338 e. The molecule has 2 aliphatic rings. The van der Waals surface area contributed by atoms with Crippen molar-refractivity contribution in [1.29, 1.82) is 0 Å². The number of rotatable bonds is 4. The molecule has 4 unspecified atom stereocenters. The van der Waals surface area contributed by atoms with Crippen LogP contribution in [0.3, 0.4) is 0 Å². The van der Waals surface area contributed by atoms with Crippen molar-refractivity contribution in [1.82, 2.24) is 0 Å². The molecule has 0 aliphatic heterocycles. The number of carbonyl (C=O) groups excluding carboxylic acids is 2. The van der Waals surface area contributed by atoms with Crippen molar-refractivity contribution < 1.29 is 19.1 Å². The Morgan fingerprint density at radius 3 is 1.27 bits per heavy atom. The molecule has 1 saturated carbocycles. The van der Waals surface area contributed by atoms with Crippen molar-refractivity contribution in [2.45, 2.75) is 82.8 Å². The van der Waals surface area contributed by atoms with Crippen LogP contribution < -0.4 is 0 Å². The van der Waals surface area contributed by atoms with Gasteiger partial charge in [-0.3, -0.25) is 0 Å². The summed E-state index contributed by atoms with van der Waals surface area (Å²) in [6.07, 6.45) is -0.235. The molecule has 0 radical (unpaired) electrons. The minimum absolute atomic E-state index is 0.00112. The molecule has 4 atom stereocenters. The van der Waals surface area contributed by atoms with Crippen LogP contribution in [0.15, 0.2) is 72.8 Å². The van der Waals surface area contributed by atoms with Gasteiger partial charge in [0, 0.05) is 11.8 Å². The van der Waals surface area contributed by atoms with E-state index in [1.807, 2.05) is 60.7 Å². The average Bonchev–Trinajstić information content (AvgIpc) is 3.40. The highest BCUT2D eigenvalue weighted by Crippen LogP contribution is 2.55. The average molecular weight is 497 g/mol. The Bertz CT molecular complexity index is 1200. The molecule has 1 fully saturated rings. The number of hydrogen-bond acceptors (Lipinski definition) is 4. The van der Waals surface area contributed by atoms with Crippen molar-refractivity contribution in [2.75, 3.05) is 0 Å². The van der Waals surface area contributed by atoms with Crippen LogP contribution >= 0.6 is 0 Å². The van der Waals surface area contributed by atoms with Crippen molar-refractivity contribution in [3.8, 4) is 0 Å². The first kappa shape index (κ1) is 25.3. The Balaban J connectivity index is 1.38. The molecule has 0 N–H and O–H groups in total. The normalized spacial score (nSPS) is 22.4. The number of benzene rings is 3. The van der Waals surface area contributed by atoms with Crippen molar-refractivity contribution in [3.05, 3.63) is 106 Å². The maximum Gasteiger partial charge on any atom is 0.338 e. The minimum atomic E-state index is -0.521. The lowest BCUT2D eigenvalue weighted by Gasteiger charge is -2.32. The van der Waals surface area contributed by atoms with Gasteiger partial charge in [-0.25, -0.2) is 9.59 Å². The van der Waals surface area contributed by atoms with Gasteiger partial charge in [-0.1, -0.05) is 90.1 Å². The fourth-order valence-electron chi connectivity index (χ4n) is 5.69. The van der Waals surface area contributed by atoms with E-state index in [0.717, 1.165) is 17.5 Å². The number of ether oxygens (including phenoxy) is 2. The third-order valence-corrected chi connectivity index (χ3v) is 7.88. The molecule has 0 aromatic heterocycles. The zero-order chi connectivity index (χ0) is 26.5. The van der Waals surface area contributed by atoms with Gasteiger partial charge in [0.15, 0.2) is 0 Å². The molecule has 0 spiro atoms. The van der Waals surface area contributed by atoms with Gasteiger partial charge >= 0.3 is 11.9 Å². The summed E-state index contributed by atoms with van der Waals surface area (Å²) in [4.78, 5) is 26.4. The molecule has 192 valence electrons. The van der Waals surface area contributed by atoms with Crippen LogP contribution in [0.2, 0.25) is 0 Å². The molecule has 2 aliphatic carbocycles. The first-order chi connectivity index (χ1) is 17.4. The van der Waals surface area contributed by atoms with Gasteiger partial charge in [0.1, 0.15) is 12.2 Å². The predicted molar refractivity (Wildman–Crippen MR) is 145 cm³/mol. The standard InChI is InChI=1S/C33H36O4/c1-32(2,3)22-15-11-20(12-16-22)30(34)36-28-26-19-27(25-10-8-7-9-24(25)26)29(28)37-31(35)21-13-17-23(18-14-21)33(4,5)6/h7-18,26-29H,19H2,1-6H3. The lowest BCUT2D eigenvalue weighted by atomic mass is 9.86. The van der Waals surface area contributed by atoms with E-state index >= 15 is 0 Å². The van der Waals surface area contributed by atoms with E-state index in [1.54, 1.807) is 0 Å². The van der Waals surface area contributed by atoms with Crippen LogP contribution in [0.1, 0.15) is 103 Å². The van der Waals surface area contributed by atoms with Crippen molar-refractivity contribution in [2.24, 2.45) is 0 Å². The van der Waals surface area contributed by atoms with E-state index in [9.17, 15) is 9.59 Å². The maximum atomic E-state index is 13.2. The Morgan fingerprint density at radius 2 is 0.946 bits per heavy atom. The SMILES string of the molecule is CC(C)(C)c1ccc(C(=O)OC2C3CC(c4ccccc43)C2OC(=O)c2ccc(C(C)(C)C)cc2)cc1. The van der Waals surface area contributed by atoms with Gasteiger partial charge in [0.25, 0.3) is 0 Å². The molecular formula is C33H36O4. The molecule has 37 heavy (non-hydrogen) atoms. The second-order valence-corrected chi connectivity index (χ2v) is 12.5. The number of fused-ring (bicyclic) bond motifs is 5. The lowest BCUT2D eigenvalue weighted by molar-refractivity contribution is -0.0348. The Kier molecular flexibility index (Phi) is 6.26. The van der Waals surface area contributed by atoms with Crippen LogP contribution in [0.5, 0.6) is 0 Å². The van der Waals surface area contributed by atoms with Crippen molar-refractivity contribution >= 4 is 11.9 Å². The minimum Gasteiger partial charge on any atom is -0.454 e. The molecule has 0 heterocycles. The molecule has 4 nitrogen and oxygen atoms in total. The van der Waals surface area contributed by atoms with E-state index in [1.165, 1.54) is 11.1 Å². The molecule has 0 saturated heterocycles. The summed E-state index contributed by atoms with van der Waals surface area (Å²) in [6, 6.07) is 23.4. The predicted octanol–water partition coefficient (Wildman–Crippen LogP) is 7.32. The largest absolute Gasteiger partial charge is 0.454 e. The molecule has 0 amide bonds. The first-order valence-corrected chi connectivity index (χ1v) is 13.2. The summed E-state index contributed by atoms with van der Waals surface area (Å²) in [5, 5.41) is 0. The van der Waals surface area contributed by atoms with Crippen molar-refractivity contribution in [3.63, 3.8) is 0 Å². The number of esters is 2. The molecule has 5 rings (SSSR count). The van der Waals surface area contributed by atoms with Crippen LogP contribution in [0.4, 0.5) is 0 Å². The fourth-order valence-corrected chi connectivity index (χ4v) is 5.69. The third-order valence-electron chi connectivity index (χ3n) is 7.88. The van der Waals surface area contributed by atoms with Gasteiger partial charge in [0.05, 0.1) is 11.1 Å². The van der Waals surface area contributed by atoms with Crippen LogP contribution in [-0.4, -0.2) is 24.1 Å². The monoisotopic (exact) mass is 496 g/mol. The van der Waals surface area contributed by atoms with Gasteiger partial charge in [-0.05, 0) is 63.8 Å². The fraction of sp³-hybridized carbons (Fsp3) is 0.394. The molecule has 4 heteroatoms. The highest BCUT2D eigenvalue weighted by molar-refractivity contribution is 5.91. The molecular weight excluding hydrogens is 460 g/mol. The number of hydrogen-bond donors (Lipinski definition) is 0. The summed E-state index contributed by atoms with van der Waals surface area (Å²) < 4.78 is 12.2. The van der Waals surface area contributed by atoms with E-state index in [2.05, 4.69) is 53.7 Å². The van der Waals surface area contributed by atoms with E-state index in [4.69, 9.17) is 9.47 Å². The molecule has 2 bridgehead atoms. The Hall–Kier alpha value is -3.40. The van der Waals surface area contributed by atoms with E-state index in [0.29, 0.717) is 11.1 Å². The summed E-state index contributed by atoms with van der Waals surface area (Å²) in [5.41, 5.74) is 5.70. The zero-order valence-corrected chi connectivity index (χ0v) is 22.6. The topological polar surface area (TPSA) is 52.6 Å². The van der Waals surface area contributed by atoms with E-state index in [-0.39, 0.29) is 34.6 Å². The van der Waals surface area contributed by atoms with Crippen LogP contribution in [-0.2, 0) is 20.3 Å². The van der Waals surface area contributed by atoms with Crippen LogP contribution in [0.25, 0.3) is 0 Å². The Labute approximate surface area is 220 Å². The third kappa shape index (κ3) is 4.82. The Morgan fingerprint density at radius 1 is 0.595 bits per heavy atom. The van der Waals surface area contributed by atoms with Gasteiger partial charge in [-0.2, -0.15) is 0 Å². The molecule has 3 aromatic carbocycles. The van der Waals surface area contributed by atoms with Gasteiger partial charge in [0.2, 0.25) is 0 Å². The van der Waals surface area contributed by atoms with Gasteiger partial charge < -0.3 is 9.47 Å². The van der Waals surface area contributed by atoms with E-state index < -0.39 is 12.2 Å². The lowest BCUT2D eigenvalue weighted by Crippen LogP contribution is -2.39. The zero-order valence-electron chi connectivity index (χ0n) is 22.6. The summed E-state index contributed by atoms with van der Waals surface area (Å²) >= 11 is 0. The van der Waals surface area contributed by atoms with Gasteiger partial charge in [-0.15, -0.1) is 0 Å². The highest BCUT2D eigenvalue weighted by atomic mass is 16.6. The summed E-state index contributed by atoms with van der Waals surface area (Å²) in [5.74, 6) is -0.739. The second-order valence-electron chi connectivity index (χ2n) is 12.5. The summed E-state index contributed by atoms with van der Waals surface area (Å²) in [6.45, 7) is 12.8. The second kappa shape index (κ2) is 9.16. The summed E-state index contributed by atoms with van der Waals surface area (Å²) in [7, 11) is 0. The van der Waals surface area contributed by atoms with Crippen LogP contribution in [0, 0.1) is 0 Å². The molecule has 3 aromatic rings.